The largest absolute Gasteiger partial charge is 0.484 e. The number of benzene rings is 2. The highest BCUT2D eigenvalue weighted by molar-refractivity contribution is 6.30. The first kappa shape index (κ1) is 20.0. The molecule has 30 heavy (non-hydrogen) atoms. The van der Waals surface area contributed by atoms with E-state index in [0.717, 1.165) is 5.56 Å². The number of nitrogens with one attached hydrogen (secondary N) is 1. The molecule has 1 amide bonds. The Kier molecular flexibility index (Phi) is 5.76. The molecule has 1 aliphatic rings. The second kappa shape index (κ2) is 8.62. The molecule has 0 fully saturated rings. The van der Waals surface area contributed by atoms with Gasteiger partial charge in [0, 0.05) is 10.6 Å². The minimum atomic E-state index is -0.457. The van der Waals surface area contributed by atoms with Crippen molar-refractivity contribution in [2.24, 2.45) is 5.92 Å². The summed E-state index contributed by atoms with van der Waals surface area (Å²) < 4.78 is 21.6. The molecular weight excluding hydrogens is 410 g/mol. The monoisotopic (exact) mass is 429 g/mol. The molecule has 0 unspecified atom stereocenters. The van der Waals surface area contributed by atoms with Gasteiger partial charge in [-0.1, -0.05) is 30.6 Å². The summed E-state index contributed by atoms with van der Waals surface area (Å²) in [5, 5.41) is 7.54. The van der Waals surface area contributed by atoms with E-state index >= 15 is 0 Å². The molecule has 9 heteroatoms. The molecule has 3 aromatic rings. The molecule has 1 atom stereocenters. The Morgan fingerprint density at radius 3 is 2.70 bits per heavy atom. The van der Waals surface area contributed by atoms with Gasteiger partial charge >= 0.3 is 0 Å². The van der Waals surface area contributed by atoms with Crippen LogP contribution >= 0.6 is 11.6 Å². The molecule has 0 aliphatic carbocycles. The quantitative estimate of drug-likeness (QED) is 0.606. The van der Waals surface area contributed by atoms with Gasteiger partial charge in [-0.15, -0.1) is 0 Å². The summed E-state index contributed by atoms with van der Waals surface area (Å²) >= 11 is 5.85. The number of fused-ring (bicyclic) bond motifs is 1. The van der Waals surface area contributed by atoms with Gasteiger partial charge in [0.1, 0.15) is 11.8 Å². The molecule has 8 nitrogen and oxygen atoms in total. The van der Waals surface area contributed by atoms with Crippen LogP contribution in [-0.4, -0.2) is 29.4 Å². The third-order valence-electron chi connectivity index (χ3n) is 4.51. The molecule has 2 aromatic carbocycles. The van der Waals surface area contributed by atoms with Crippen LogP contribution in [0.1, 0.15) is 25.8 Å². The minimum Gasteiger partial charge on any atom is -0.484 e. The Hall–Kier alpha value is -3.26. The maximum absolute atomic E-state index is 12.4. The number of nitrogens with zero attached hydrogens (tertiary/aromatic N) is 2. The summed E-state index contributed by atoms with van der Waals surface area (Å²) in [6.45, 7) is 3.95. The predicted octanol–water partition coefficient (Wildman–Crippen LogP) is 4.01. The van der Waals surface area contributed by atoms with Gasteiger partial charge in [-0.3, -0.25) is 4.79 Å². The zero-order chi connectivity index (χ0) is 21.1. The minimum absolute atomic E-state index is 0.0227. The second-order valence-electron chi connectivity index (χ2n) is 7.06. The standard InChI is InChI=1S/C21H20ClN3O5/c1-12(2)19(23-18(26)10-27-15-6-4-14(22)5-7-15)21-24-20(25-30-21)13-3-8-16-17(9-13)29-11-28-16/h3-9,12,19H,10-11H2,1-2H3,(H,23,26)/t19-/m1/s1. The molecule has 0 radical (unpaired) electrons. The normalized spacial score (nSPS) is 13.3. The SMILES string of the molecule is CC(C)[C@@H](NC(=O)COc1ccc(Cl)cc1)c1nc(-c2ccc3c(c2)OCO3)no1. The molecule has 156 valence electrons. The summed E-state index contributed by atoms with van der Waals surface area (Å²) in [5.41, 5.74) is 0.731. The van der Waals surface area contributed by atoms with E-state index in [0.29, 0.717) is 34.0 Å². The molecule has 1 N–H and O–H groups in total. The maximum Gasteiger partial charge on any atom is 0.258 e. The number of aromatic nitrogens is 2. The van der Waals surface area contributed by atoms with E-state index in [2.05, 4.69) is 15.5 Å². The molecule has 0 bridgehead atoms. The molecule has 2 heterocycles. The summed E-state index contributed by atoms with van der Waals surface area (Å²) in [6, 6.07) is 11.7. The van der Waals surface area contributed by atoms with Crippen molar-refractivity contribution in [3.63, 3.8) is 0 Å². The highest BCUT2D eigenvalue weighted by atomic mass is 35.5. The summed E-state index contributed by atoms with van der Waals surface area (Å²) in [7, 11) is 0. The zero-order valence-corrected chi connectivity index (χ0v) is 17.2. The van der Waals surface area contributed by atoms with Crippen molar-refractivity contribution in [2.45, 2.75) is 19.9 Å². The first-order valence-corrected chi connectivity index (χ1v) is 9.79. The Bertz CT molecular complexity index is 1040. The first-order valence-electron chi connectivity index (χ1n) is 9.41. The highest BCUT2D eigenvalue weighted by Crippen LogP contribution is 2.35. The van der Waals surface area contributed by atoms with Crippen LogP contribution < -0.4 is 19.5 Å². The summed E-state index contributed by atoms with van der Waals surface area (Å²) in [4.78, 5) is 16.9. The van der Waals surface area contributed by atoms with Crippen LogP contribution in [0.4, 0.5) is 0 Å². The lowest BCUT2D eigenvalue weighted by Gasteiger charge is -2.18. The molecule has 4 rings (SSSR count). The van der Waals surface area contributed by atoms with Gasteiger partial charge in [-0.05, 0) is 48.4 Å². The first-order chi connectivity index (χ1) is 14.5. The Morgan fingerprint density at radius 2 is 1.93 bits per heavy atom. The van der Waals surface area contributed by atoms with E-state index in [1.807, 2.05) is 19.9 Å². The van der Waals surface area contributed by atoms with Crippen LogP contribution in [0.3, 0.4) is 0 Å². The van der Waals surface area contributed by atoms with Crippen LogP contribution in [0.25, 0.3) is 11.4 Å². The van der Waals surface area contributed by atoms with Crippen molar-refractivity contribution < 1.29 is 23.5 Å². The van der Waals surface area contributed by atoms with Crippen LogP contribution in [0.15, 0.2) is 47.0 Å². The topological polar surface area (TPSA) is 95.7 Å². The van der Waals surface area contributed by atoms with E-state index in [1.54, 1.807) is 36.4 Å². The van der Waals surface area contributed by atoms with Crippen LogP contribution in [0, 0.1) is 5.92 Å². The number of ether oxygens (including phenoxy) is 3. The number of carbonyl (C=O) groups excluding carboxylic acids is 1. The maximum atomic E-state index is 12.4. The zero-order valence-electron chi connectivity index (χ0n) is 16.4. The van der Waals surface area contributed by atoms with Gasteiger partial charge < -0.3 is 24.1 Å². The lowest BCUT2D eigenvalue weighted by molar-refractivity contribution is -0.124. The third kappa shape index (κ3) is 4.49. The summed E-state index contributed by atoms with van der Waals surface area (Å²) in [5.74, 6) is 2.31. The van der Waals surface area contributed by atoms with Gasteiger partial charge in [0.05, 0.1) is 0 Å². The fourth-order valence-corrected chi connectivity index (χ4v) is 3.05. The van der Waals surface area contributed by atoms with E-state index in [1.165, 1.54) is 0 Å². The van der Waals surface area contributed by atoms with Crippen molar-refractivity contribution in [3.8, 4) is 28.6 Å². The summed E-state index contributed by atoms with van der Waals surface area (Å²) in [6.07, 6.45) is 0. The highest BCUT2D eigenvalue weighted by Gasteiger charge is 2.25. The molecule has 1 aromatic heterocycles. The number of hydrogen-bond acceptors (Lipinski definition) is 7. The molecule has 1 aliphatic heterocycles. The fraction of sp³-hybridized carbons (Fsp3) is 0.286. The van der Waals surface area contributed by atoms with Crippen molar-refractivity contribution in [3.05, 3.63) is 53.4 Å². The van der Waals surface area contributed by atoms with Crippen LogP contribution in [0.5, 0.6) is 17.2 Å². The van der Waals surface area contributed by atoms with Gasteiger partial charge in [0.2, 0.25) is 18.5 Å². The predicted molar refractivity (Wildman–Crippen MR) is 109 cm³/mol. The lowest BCUT2D eigenvalue weighted by Crippen LogP contribution is -2.35. The fourth-order valence-electron chi connectivity index (χ4n) is 2.92. The average Bonchev–Trinajstić information content (AvgIpc) is 3.40. The number of amides is 1. The van der Waals surface area contributed by atoms with Crippen molar-refractivity contribution in [1.82, 2.24) is 15.5 Å². The number of halogens is 1. The van der Waals surface area contributed by atoms with Gasteiger partial charge in [-0.25, -0.2) is 0 Å². The van der Waals surface area contributed by atoms with Crippen molar-refractivity contribution >= 4 is 17.5 Å². The molecule has 0 saturated carbocycles. The molecule has 0 saturated heterocycles. The van der Waals surface area contributed by atoms with Crippen LogP contribution in [-0.2, 0) is 4.79 Å². The number of rotatable bonds is 7. The Labute approximate surface area is 178 Å². The van der Waals surface area contributed by atoms with Gasteiger partial charge in [0.15, 0.2) is 18.1 Å². The van der Waals surface area contributed by atoms with Crippen molar-refractivity contribution in [1.29, 1.82) is 0 Å². The second-order valence-corrected chi connectivity index (χ2v) is 7.49. The average molecular weight is 430 g/mol. The van der Waals surface area contributed by atoms with Crippen molar-refractivity contribution in [2.75, 3.05) is 13.4 Å². The van der Waals surface area contributed by atoms with Crippen LogP contribution in [0.2, 0.25) is 5.02 Å². The van der Waals surface area contributed by atoms with E-state index in [4.69, 9.17) is 30.3 Å². The third-order valence-corrected chi connectivity index (χ3v) is 4.76. The van der Waals surface area contributed by atoms with E-state index in [-0.39, 0.29) is 25.2 Å². The molecular formula is C21H20ClN3O5. The molecule has 0 spiro atoms. The number of hydrogen-bond donors (Lipinski definition) is 1. The van der Waals surface area contributed by atoms with E-state index in [9.17, 15) is 4.79 Å². The number of carbonyl (C=O) groups is 1. The lowest BCUT2D eigenvalue weighted by atomic mass is 10.0. The Morgan fingerprint density at radius 1 is 1.17 bits per heavy atom. The van der Waals surface area contributed by atoms with Gasteiger partial charge in [-0.2, -0.15) is 4.98 Å². The Balaban J connectivity index is 1.43. The smallest absolute Gasteiger partial charge is 0.258 e. The van der Waals surface area contributed by atoms with E-state index < -0.39 is 6.04 Å². The van der Waals surface area contributed by atoms with Gasteiger partial charge in [0.25, 0.3) is 5.91 Å².